The molecule has 2 atom stereocenters. The normalized spacial score (nSPS) is 22.0. The Kier molecular flexibility index (Phi) is 4.58. The number of amides is 1. The molecular formula is C16H19BrN2O2. The molecule has 1 aromatic carbocycles. The number of hydrogen-bond donors (Lipinski definition) is 0. The average Bonchev–Trinajstić information content (AvgIpc) is 2.82. The first-order valence-corrected chi connectivity index (χ1v) is 7.72. The maximum Gasteiger partial charge on any atom is 0.410 e. The van der Waals surface area contributed by atoms with Gasteiger partial charge in [-0.1, -0.05) is 28.1 Å². The Labute approximate surface area is 133 Å². The van der Waals surface area contributed by atoms with Crippen LogP contribution >= 0.6 is 15.9 Å². The molecule has 0 bridgehead atoms. The van der Waals surface area contributed by atoms with E-state index in [2.05, 4.69) is 22.0 Å². The number of carbonyl (C=O) groups excluding carboxylic acids is 1. The molecule has 5 heteroatoms. The largest absolute Gasteiger partial charge is 0.444 e. The van der Waals surface area contributed by atoms with E-state index in [-0.39, 0.29) is 17.9 Å². The number of hydrogen-bond acceptors (Lipinski definition) is 3. The lowest BCUT2D eigenvalue weighted by molar-refractivity contribution is 0.0289. The Hall–Kier alpha value is -1.54. The van der Waals surface area contributed by atoms with E-state index in [1.54, 1.807) is 4.90 Å². The molecule has 21 heavy (non-hydrogen) atoms. The Balaban J connectivity index is 2.13. The molecule has 0 aliphatic carbocycles. The summed E-state index contributed by atoms with van der Waals surface area (Å²) in [4.78, 5) is 13.8. The van der Waals surface area contributed by atoms with Crippen LogP contribution in [-0.2, 0) is 4.74 Å². The Bertz CT molecular complexity index is 557. The van der Waals surface area contributed by atoms with Crippen LogP contribution in [0.4, 0.5) is 4.79 Å². The molecular weight excluding hydrogens is 332 g/mol. The third kappa shape index (κ3) is 3.98. The lowest BCUT2D eigenvalue weighted by Crippen LogP contribution is -2.35. The summed E-state index contributed by atoms with van der Waals surface area (Å²) in [6.45, 7) is 6.47. The smallest absolute Gasteiger partial charge is 0.410 e. The van der Waals surface area contributed by atoms with Gasteiger partial charge in [-0.3, -0.25) is 0 Å². The fourth-order valence-corrected chi connectivity index (χ4v) is 2.72. The van der Waals surface area contributed by atoms with Crippen molar-refractivity contribution in [3.8, 4) is 6.07 Å². The third-order valence-corrected chi connectivity index (χ3v) is 3.96. The molecule has 1 fully saturated rings. The monoisotopic (exact) mass is 350 g/mol. The molecule has 0 spiro atoms. The highest BCUT2D eigenvalue weighted by molar-refractivity contribution is 9.10. The van der Waals surface area contributed by atoms with E-state index in [0.29, 0.717) is 13.1 Å². The van der Waals surface area contributed by atoms with Crippen molar-refractivity contribution in [1.29, 1.82) is 5.26 Å². The van der Waals surface area contributed by atoms with Crippen LogP contribution in [0.25, 0.3) is 0 Å². The molecule has 1 aliphatic rings. The predicted molar refractivity (Wildman–Crippen MR) is 83.8 cm³/mol. The summed E-state index contributed by atoms with van der Waals surface area (Å²) in [5.74, 6) is -0.158. The number of rotatable bonds is 1. The number of halogens is 1. The quantitative estimate of drug-likeness (QED) is 0.771. The molecule has 1 amide bonds. The first-order chi connectivity index (χ1) is 9.80. The summed E-state index contributed by atoms with van der Waals surface area (Å²) >= 11 is 3.40. The van der Waals surface area contributed by atoms with Crippen molar-refractivity contribution < 1.29 is 9.53 Å². The number of carbonyl (C=O) groups is 1. The molecule has 4 nitrogen and oxygen atoms in total. The first kappa shape index (κ1) is 15.8. The molecule has 1 heterocycles. The second-order valence-electron chi connectivity index (χ2n) is 6.28. The van der Waals surface area contributed by atoms with Gasteiger partial charge < -0.3 is 9.64 Å². The van der Waals surface area contributed by atoms with E-state index in [9.17, 15) is 10.1 Å². The minimum Gasteiger partial charge on any atom is -0.444 e. The lowest BCUT2D eigenvalue weighted by Gasteiger charge is -2.24. The van der Waals surface area contributed by atoms with Crippen LogP contribution in [0.2, 0.25) is 0 Å². The number of benzene rings is 1. The van der Waals surface area contributed by atoms with E-state index in [0.717, 1.165) is 10.0 Å². The van der Waals surface area contributed by atoms with Crippen molar-refractivity contribution in [2.24, 2.45) is 5.92 Å². The molecule has 0 radical (unpaired) electrons. The minimum absolute atomic E-state index is 0.0376. The van der Waals surface area contributed by atoms with Gasteiger partial charge in [-0.15, -0.1) is 0 Å². The van der Waals surface area contributed by atoms with E-state index in [4.69, 9.17) is 4.74 Å². The van der Waals surface area contributed by atoms with Gasteiger partial charge in [-0.05, 0) is 38.5 Å². The van der Waals surface area contributed by atoms with E-state index in [1.165, 1.54) is 0 Å². The lowest BCUT2D eigenvalue weighted by atomic mass is 9.90. The summed E-state index contributed by atoms with van der Waals surface area (Å²) < 4.78 is 6.39. The van der Waals surface area contributed by atoms with Crippen LogP contribution in [0, 0.1) is 17.2 Å². The van der Waals surface area contributed by atoms with E-state index < -0.39 is 5.60 Å². The van der Waals surface area contributed by atoms with Crippen molar-refractivity contribution in [2.45, 2.75) is 32.3 Å². The Morgan fingerprint density at radius 2 is 1.95 bits per heavy atom. The second kappa shape index (κ2) is 6.07. The topological polar surface area (TPSA) is 53.3 Å². The summed E-state index contributed by atoms with van der Waals surface area (Å²) in [6.07, 6.45) is -0.345. The maximum atomic E-state index is 12.1. The highest BCUT2D eigenvalue weighted by Gasteiger charge is 2.38. The fraction of sp³-hybridized carbons (Fsp3) is 0.500. The van der Waals surface area contributed by atoms with Crippen molar-refractivity contribution in [1.82, 2.24) is 4.90 Å². The van der Waals surface area contributed by atoms with Gasteiger partial charge in [-0.25, -0.2) is 4.79 Å². The van der Waals surface area contributed by atoms with Crippen LogP contribution in [0.15, 0.2) is 28.7 Å². The Morgan fingerprint density at radius 3 is 2.48 bits per heavy atom. The van der Waals surface area contributed by atoms with E-state index in [1.807, 2.05) is 45.0 Å². The highest BCUT2D eigenvalue weighted by atomic mass is 79.9. The zero-order valence-corrected chi connectivity index (χ0v) is 14.1. The molecule has 2 rings (SSSR count). The molecule has 112 valence electrons. The van der Waals surface area contributed by atoms with Gasteiger partial charge in [0.15, 0.2) is 0 Å². The van der Waals surface area contributed by atoms with Gasteiger partial charge >= 0.3 is 6.09 Å². The van der Waals surface area contributed by atoms with Crippen molar-refractivity contribution >= 4 is 22.0 Å². The van der Waals surface area contributed by atoms with Crippen molar-refractivity contribution in [3.05, 3.63) is 34.3 Å². The summed E-state index contributed by atoms with van der Waals surface area (Å²) in [7, 11) is 0. The SMILES string of the molecule is CC(C)(C)OC(=O)N1C[C@@H](C#N)[C@H](c2ccc(Br)cc2)C1. The van der Waals surface area contributed by atoms with Crippen molar-refractivity contribution in [2.75, 3.05) is 13.1 Å². The maximum absolute atomic E-state index is 12.1. The first-order valence-electron chi connectivity index (χ1n) is 6.93. The number of likely N-dealkylation sites (tertiary alicyclic amines) is 1. The van der Waals surface area contributed by atoms with Crippen LogP contribution < -0.4 is 0 Å². The van der Waals surface area contributed by atoms with Crippen LogP contribution in [0.5, 0.6) is 0 Å². The van der Waals surface area contributed by atoms with Gasteiger partial charge in [-0.2, -0.15) is 5.26 Å². The summed E-state index contributed by atoms with van der Waals surface area (Å²) in [6, 6.07) is 10.2. The highest BCUT2D eigenvalue weighted by Crippen LogP contribution is 2.33. The Morgan fingerprint density at radius 1 is 1.33 bits per heavy atom. The van der Waals surface area contributed by atoms with Gasteiger partial charge in [0.1, 0.15) is 5.60 Å². The number of nitrogens with zero attached hydrogens (tertiary/aromatic N) is 2. The molecule has 0 aromatic heterocycles. The molecule has 1 aliphatic heterocycles. The molecule has 1 saturated heterocycles. The second-order valence-corrected chi connectivity index (χ2v) is 7.19. The average molecular weight is 351 g/mol. The van der Waals surface area contributed by atoms with E-state index >= 15 is 0 Å². The van der Waals surface area contributed by atoms with Gasteiger partial charge in [0.25, 0.3) is 0 Å². The number of nitriles is 1. The molecule has 1 aromatic rings. The zero-order valence-electron chi connectivity index (χ0n) is 12.5. The molecule has 0 N–H and O–H groups in total. The fourth-order valence-electron chi connectivity index (χ4n) is 2.46. The van der Waals surface area contributed by atoms with Crippen LogP contribution in [-0.4, -0.2) is 29.7 Å². The predicted octanol–water partition coefficient (Wildman–Crippen LogP) is 3.92. The minimum atomic E-state index is -0.519. The van der Waals surface area contributed by atoms with Crippen LogP contribution in [0.1, 0.15) is 32.3 Å². The molecule has 0 saturated carbocycles. The number of ether oxygens (including phenoxy) is 1. The summed E-state index contributed by atoms with van der Waals surface area (Å²) in [5, 5.41) is 9.35. The van der Waals surface area contributed by atoms with Gasteiger partial charge in [0.2, 0.25) is 0 Å². The van der Waals surface area contributed by atoms with Crippen LogP contribution in [0.3, 0.4) is 0 Å². The summed E-state index contributed by atoms with van der Waals surface area (Å²) in [5.41, 5.74) is 0.561. The molecule has 0 unspecified atom stereocenters. The third-order valence-electron chi connectivity index (χ3n) is 3.44. The van der Waals surface area contributed by atoms with Crippen molar-refractivity contribution in [3.63, 3.8) is 0 Å². The zero-order chi connectivity index (χ0) is 15.6. The van der Waals surface area contributed by atoms with Gasteiger partial charge in [0, 0.05) is 23.5 Å². The standard InChI is InChI=1S/C16H19BrN2O2/c1-16(2,3)21-15(20)19-9-12(8-18)14(10-19)11-4-6-13(17)7-5-11/h4-7,12,14H,9-10H2,1-3H3/t12-,14+/m1/s1. The van der Waals surface area contributed by atoms with Gasteiger partial charge in [0.05, 0.1) is 12.0 Å².